The summed E-state index contributed by atoms with van der Waals surface area (Å²) in [6.07, 6.45) is 2.36. The van der Waals surface area contributed by atoms with Crippen molar-refractivity contribution in [1.29, 1.82) is 0 Å². The Morgan fingerprint density at radius 3 is 2.90 bits per heavy atom. The molecule has 0 spiro atoms. The van der Waals surface area contributed by atoms with Crippen molar-refractivity contribution >= 4 is 11.8 Å². The number of amides is 2. The number of hydrogen-bond acceptors (Lipinski definition) is 4. The number of rotatable bonds is 6. The van der Waals surface area contributed by atoms with Crippen molar-refractivity contribution in [3.63, 3.8) is 0 Å². The number of hydrogen-bond donors (Lipinski definition) is 2. The minimum absolute atomic E-state index is 0.137. The summed E-state index contributed by atoms with van der Waals surface area (Å²) < 4.78 is 5.00. The number of ether oxygens (including phenoxy) is 1. The van der Waals surface area contributed by atoms with Gasteiger partial charge in [-0.1, -0.05) is 0 Å². The van der Waals surface area contributed by atoms with E-state index in [0.717, 1.165) is 32.5 Å². The molecule has 0 aliphatic carbocycles. The molecule has 0 aromatic carbocycles. The van der Waals surface area contributed by atoms with E-state index in [1.54, 1.807) is 7.11 Å². The molecule has 2 heterocycles. The summed E-state index contributed by atoms with van der Waals surface area (Å²) >= 11 is 0. The molecule has 2 aliphatic rings. The highest BCUT2D eigenvalue weighted by molar-refractivity contribution is 5.80. The van der Waals surface area contributed by atoms with Crippen molar-refractivity contribution in [3.8, 4) is 0 Å². The molecular formula is C14H25N3O3. The quantitative estimate of drug-likeness (QED) is 0.696. The average molecular weight is 283 g/mol. The van der Waals surface area contributed by atoms with Crippen LogP contribution in [0.4, 0.5) is 0 Å². The third-order valence-corrected chi connectivity index (χ3v) is 4.13. The summed E-state index contributed by atoms with van der Waals surface area (Å²) in [7, 11) is 1.64. The Morgan fingerprint density at radius 1 is 1.45 bits per heavy atom. The van der Waals surface area contributed by atoms with E-state index < -0.39 is 0 Å². The maximum atomic E-state index is 12.0. The number of likely N-dealkylation sites (tertiary alicyclic amines) is 1. The molecule has 0 bridgehead atoms. The van der Waals surface area contributed by atoms with E-state index in [1.165, 1.54) is 0 Å². The van der Waals surface area contributed by atoms with Crippen molar-refractivity contribution in [2.45, 2.75) is 19.3 Å². The van der Waals surface area contributed by atoms with Crippen molar-refractivity contribution in [1.82, 2.24) is 15.5 Å². The van der Waals surface area contributed by atoms with Crippen molar-refractivity contribution in [2.24, 2.45) is 11.8 Å². The first-order valence-corrected chi connectivity index (χ1v) is 7.46. The van der Waals surface area contributed by atoms with Crippen LogP contribution in [0.25, 0.3) is 0 Å². The fraction of sp³-hybridized carbons (Fsp3) is 0.857. The molecule has 6 heteroatoms. The predicted molar refractivity (Wildman–Crippen MR) is 75.2 cm³/mol. The third-order valence-electron chi connectivity index (χ3n) is 4.13. The molecule has 0 saturated carbocycles. The minimum Gasteiger partial charge on any atom is -0.383 e. The van der Waals surface area contributed by atoms with Gasteiger partial charge < -0.3 is 20.3 Å². The lowest BCUT2D eigenvalue weighted by atomic mass is 9.97. The van der Waals surface area contributed by atoms with Crippen LogP contribution in [0.2, 0.25) is 0 Å². The Balaban J connectivity index is 1.69. The van der Waals surface area contributed by atoms with E-state index in [-0.39, 0.29) is 23.7 Å². The third kappa shape index (κ3) is 4.18. The van der Waals surface area contributed by atoms with Gasteiger partial charge >= 0.3 is 0 Å². The van der Waals surface area contributed by atoms with Crippen molar-refractivity contribution in [2.75, 3.05) is 46.4 Å². The number of methoxy groups -OCH3 is 1. The van der Waals surface area contributed by atoms with E-state index >= 15 is 0 Å². The summed E-state index contributed by atoms with van der Waals surface area (Å²) in [5.74, 6) is 0.695. The lowest BCUT2D eigenvalue weighted by Crippen LogP contribution is -2.40. The molecule has 0 unspecified atom stereocenters. The highest BCUT2D eigenvalue weighted by Crippen LogP contribution is 2.17. The number of nitrogens with one attached hydrogen (secondary N) is 2. The molecule has 2 saturated heterocycles. The topological polar surface area (TPSA) is 70.7 Å². The lowest BCUT2D eigenvalue weighted by molar-refractivity contribution is -0.128. The van der Waals surface area contributed by atoms with Crippen LogP contribution < -0.4 is 10.6 Å². The largest absolute Gasteiger partial charge is 0.383 e. The number of nitrogens with zero attached hydrogens (tertiary/aromatic N) is 1. The Bertz CT molecular complexity index is 343. The van der Waals surface area contributed by atoms with Gasteiger partial charge in [0.25, 0.3) is 0 Å². The second-order valence-electron chi connectivity index (χ2n) is 5.67. The van der Waals surface area contributed by atoms with E-state index in [0.29, 0.717) is 26.1 Å². The molecule has 2 fully saturated rings. The SMILES string of the molecule is COCCN1C[C@H](CNC(=O)C2CCNCC2)CC1=O. The first kappa shape index (κ1) is 15.3. The number of carbonyl (C=O) groups excluding carboxylic acids is 2. The van der Waals surface area contributed by atoms with Crippen LogP contribution in [0, 0.1) is 11.8 Å². The average Bonchev–Trinajstić information content (AvgIpc) is 2.84. The first-order chi connectivity index (χ1) is 9.70. The van der Waals surface area contributed by atoms with Gasteiger partial charge in [0.15, 0.2) is 0 Å². The standard InChI is InChI=1S/C14H25N3O3/c1-20-7-6-17-10-11(8-13(17)18)9-16-14(19)12-2-4-15-5-3-12/h11-12,15H,2-10H2,1H3,(H,16,19)/t11-/m0/s1. The van der Waals surface area contributed by atoms with Gasteiger partial charge in [0.1, 0.15) is 0 Å². The Labute approximate surface area is 120 Å². The maximum Gasteiger partial charge on any atom is 0.223 e. The second kappa shape index (κ2) is 7.59. The van der Waals surface area contributed by atoms with Crippen LogP contribution in [-0.2, 0) is 14.3 Å². The van der Waals surface area contributed by atoms with Crippen molar-refractivity contribution in [3.05, 3.63) is 0 Å². The van der Waals surface area contributed by atoms with E-state index in [1.807, 2.05) is 4.90 Å². The molecule has 114 valence electrons. The zero-order chi connectivity index (χ0) is 14.4. The first-order valence-electron chi connectivity index (χ1n) is 7.46. The van der Waals surface area contributed by atoms with Gasteiger partial charge in [-0.05, 0) is 25.9 Å². The summed E-state index contributed by atoms with van der Waals surface area (Å²) in [6.45, 7) is 4.40. The summed E-state index contributed by atoms with van der Waals surface area (Å²) in [5.41, 5.74) is 0. The van der Waals surface area contributed by atoms with Gasteiger partial charge in [-0.25, -0.2) is 0 Å². The van der Waals surface area contributed by atoms with E-state index in [4.69, 9.17) is 4.74 Å². The molecule has 0 aromatic rings. The number of carbonyl (C=O) groups is 2. The normalized spacial score (nSPS) is 24.1. The second-order valence-corrected chi connectivity index (χ2v) is 5.67. The molecule has 1 atom stereocenters. The van der Waals surface area contributed by atoms with Crippen LogP contribution >= 0.6 is 0 Å². The number of piperidine rings is 1. The monoisotopic (exact) mass is 283 g/mol. The molecule has 2 rings (SSSR count). The van der Waals surface area contributed by atoms with E-state index in [9.17, 15) is 9.59 Å². The molecule has 6 nitrogen and oxygen atoms in total. The molecule has 2 N–H and O–H groups in total. The van der Waals surface area contributed by atoms with Crippen LogP contribution in [0.1, 0.15) is 19.3 Å². The predicted octanol–water partition coefficient (Wildman–Crippen LogP) is -0.403. The Kier molecular flexibility index (Phi) is 5.79. The molecule has 2 aliphatic heterocycles. The van der Waals surface area contributed by atoms with Crippen LogP contribution in [0.5, 0.6) is 0 Å². The smallest absolute Gasteiger partial charge is 0.223 e. The Morgan fingerprint density at radius 2 is 2.20 bits per heavy atom. The van der Waals surface area contributed by atoms with Crippen LogP contribution in [-0.4, -0.2) is 63.2 Å². The molecule has 20 heavy (non-hydrogen) atoms. The summed E-state index contributed by atoms with van der Waals surface area (Å²) in [5, 5.41) is 6.27. The molecule has 2 amide bonds. The van der Waals surface area contributed by atoms with Gasteiger partial charge in [-0.2, -0.15) is 0 Å². The molecular weight excluding hydrogens is 258 g/mol. The Hall–Kier alpha value is -1.14. The van der Waals surface area contributed by atoms with Crippen LogP contribution in [0.15, 0.2) is 0 Å². The molecule has 0 aromatic heterocycles. The highest BCUT2D eigenvalue weighted by Gasteiger charge is 2.30. The van der Waals surface area contributed by atoms with Gasteiger partial charge in [0.2, 0.25) is 11.8 Å². The van der Waals surface area contributed by atoms with Crippen molar-refractivity contribution < 1.29 is 14.3 Å². The van der Waals surface area contributed by atoms with E-state index in [2.05, 4.69) is 10.6 Å². The summed E-state index contributed by atoms with van der Waals surface area (Å²) in [6, 6.07) is 0. The van der Waals surface area contributed by atoms with Gasteiger partial charge in [0, 0.05) is 45.0 Å². The maximum absolute atomic E-state index is 12.0. The highest BCUT2D eigenvalue weighted by atomic mass is 16.5. The minimum atomic E-state index is 0.137. The van der Waals surface area contributed by atoms with Gasteiger partial charge in [-0.15, -0.1) is 0 Å². The van der Waals surface area contributed by atoms with Gasteiger partial charge in [0.05, 0.1) is 6.61 Å². The zero-order valence-electron chi connectivity index (χ0n) is 12.2. The van der Waals surface area contributed by atoms with Gasteiger partial charge in [-0.3, -0.25) is 9.59 Å². The summed E-state index contributed by atoms with van der Waals surface area (Å²) in [4.78, 5) is 25.6. The van der Waals surface area contributed by atoms with Crippen LogP contribution in [0.3, 0.4) is 0 Å². The lowest BCUT2D eigenvalue weighted by Gasteiger charge is -2.22. The molecule has 0 radical (unpaired) electrons. The fourth-order valence-electron chi connectivity index (χ4n) is 2.88. The zero-order valence-corrected chi connectivity index (χ0v) is 12.2. The fourth-order valence-corrected chi connectivity index (χ4v) is 2.88.